The largest absolute Gasteiger partial charge is 3.00 e. The number of thioether (sulfide) groups is 1. The van der Waals surface area contributed by atoms with Crippen molar-refractivity contribution in [2.24, 2.45) is 0 Å². The first-order valence-corrected chi connectivity index (χ1v) is 23.6. The minimum Gasteiger partial charge on any atom is -0.657 e. The summed E-state index contributed by atoms with van der Waals surface area (Å²) < 4.78 is 16.9. The molecule has 8 bridgehead atoms. The van der Waals surface area contributed by atoms with E-state index >= 15 is 0 Å². The van der Waals surface area contributed by atoms with Gasteiger partial charge in [-0.2, -0.15) is 0 Å². The molecule has 0 aliphatic carbocycles. The molecule has 0 aromatic carbocycles. The van der Waals surface area contributed by atoms with Gasteiger partial charge in [-0.25, -0.2) is 9.97 Å². The van der Waals surface area contributed by atoms with Gasteiger partial charge in [0.15, 0.2) is 0 Å². The fourth-order valence-corrected chi connectivity index (χ4v) is 9.31. The topological polar surface area (TPSA) is 173 Å². The summed E-state index contributed by atoms with van der Waals surface area (Å²) >= 11 is 1.52. The number of ether oxygens (including phenoxy) is 3. The molecule has 1 fully saturated rings. The van der Waals surface area contributed by atoms with Gasteiger partial charge in [-0.15, -0.1) is 33.8 Å². The Labute approximate surface area is 409 Å². The van der Waals surface area contributed by atoms with E-state index in [1.54, 1.807) is 6.08 Å². The molecular weight excluding hydrogens is 911 g/mol. The van der Waals surface area contributed by atoms with E-state index in [1.165, 1.54) is 16.7 Å². The molecule has 0 spiro atoms. The van der Waals surface area contributed by atoms with Gasteiger partial charge in [-0.1, -0.05) is 73.2 Å². The standard InChI is InChI=1S/C51H62N5O8S.CH3.Fe/c1-8-36-31(4)40-26-41-33(6)38(16-15-35(57)14-11-12-20-62-22-24-64-25-23-63-21-13-19-56-49(58)30-48(51(56)61)65-10-3)46(54-41)29-47-39(17-18-50(59)60)34(7)43(55-47)28-45-37(9-2)32(5)42(53-45)27-44(36)52-40;;/h8-9,26-29,48H,1-2,10-25,30H2,3-7H3,(H2-,52,53,54,55,59,60);1H3;/q2*-1;+3/p-1. The van der Waals surface area contributed by atoms with Gasteiger partial charge in [0, 0.05) is 51.0 Å². The van der Waals surface area contributed by atoms with Gasteiger partial charge in [-0.05, 0) is 87.8 Å². The molecule has 3 aromatic rings. The third-order valence-corrected chi connectivity index (χ3v) is 13.2. The van der Waals surface area contributed by atoms with Gasteiger partial charge >= 0.3 is 23.0 Å². The van der Waals surface area contributed by atoms with Gasteiger partial charge in [0.2, 0.25) is 11.8 Å². The number of Topliss-reactive ketones (excluding diaryl/α,β-unsaturated/α-hetero) is 1. The fourth-order valence-electron chi connectivity index (χ4n) is 8.38. The van der Waals surface area contributed by atoms with Crippen molar-refractivity contribution in [3.63, 3.8) is 0 Å². The van der Waals surface area contributed by atoms with E-state index < -0.39 is 5.97 Å². The number of aromatic nitrogens is 4. The molecule has 359 valence electrons. The molecule has 1 radical (unpaired) electrons. The Morgan fingerprint density at radius 2 is 1.36 bits per heavy atom. The maximum atomic E-state index is 13.3. The first-order valence-electron chi connectivity index (χ1n) is 22.6. The number of aryl methyl sites for hydroxylation is 3. The summed E-state index contributed by atoms with van der Waals surface area (Å²) in [7, 11) is 0. The number of imide groups is 1. The van der Waals surface area contributed by atoms with Crippen LogP contribution in [0.5, 0.6) is 0 Å². The normalized spacial score (nSPS) is 14.7. The summed E-state index contributed by atoms with van der Waals surface area (Å²) in [5.74, 6) is -0.114. The van der Waals surface area contributed by atoms with Gasteiger partial charge in [0.05, 0.1) is 54.5 Å². The third-order valence-electron chi connectivity index (χ3n) is 12.1. The van der Waals surface area contributed by atoms with Crippen molar-refractivity contribution in [1.29, 1.82) is 0 Å². The van der Waals surface area contributed by atoms with E-state index in [9.17, 15) is 24.3 Å². The van der Waals surface area contributed by atoms with Gasteiger partial charge in [0.25, 0.3) is 0 Å². The van der Waals surface area contributed by atoms with E-state index in [-0.39, 0.29) is 60.2 Å². The molecule has 6 heterocycles. The Balaban J connectivity index is 0.00000490. The zero-order valence-corrected chi connectivity index (χ0v) is 41.7. The van der Waals surface area contributed by atoms with Crippen LogP contribution in [0.4, 0.5) is 0 Å². The van der Waals surface area contributed by atoms with Crippen LogP contribution in [-0.4, -0.2) is 101 Å². The number of fused-ring (bicyclic) bond motifs is 8. The van der Waals surface area contributed by atoms with Crippen LogP contribution in [0.25, 0.3) is 50.4 Å². The smallest absolute Gasteiger partial charge is 0.657 e. The first-order chi connectivity index (χ1) is 31.3. The Morgan fingerprint density at radius 1 is 0.761 bits per heavy atom. The molecular formula is C52H64FeN5O8S. The third kappa shape index (κ3) is 13.6. The number of hydrogen-bond acceptors (Lipinski definition) is 10. The van der Waals surface area contributed by atoms with Crippen LogP contribution in [-0.2, 0) is 56.9 Å². The monoisotopic (exact) mass is 974 g/mol. The van der Waals surface area contributed by atoms with Crippen molar-refractivity contribution < 1.29 is 55.6 Å². The summed E-state index contributed by atoms with van der Waals surface area (Å²) in [4.78, 5) is 71.1. The number of allylic oxidation sites excluding steroid dienone is 5. The molecule has 15 heteroatoms. The zero-order chi connectivity index (χ0) is 46.6. The van der Waals surface area contributed by atoms with Gasteiger partial charge < -0.3 is 36.7 Å². The number of ketones is 1. The molecule has 6 rings (SSSR count). The molecule has 2 amide bonds. The van der Waals surface area contributed by atoms with E-state index in [2.05, 4.69) is 13.2 Å². The van der Waals surface area contributed by atoms with Crippen molar-refractivity contribution in [3.8, 4) is 0 Å². The van der Waals surface area contributed by atoms with Crippen molar-refractivity contribution in [3.05, 3.63) is 96.0 Å². The molecule has 3 aromatic heterocycles. The Kier molecular flexibility index (Phi) is 21.3. The molecule has 67 heavy (non-hydrogen) atoms. The Hall–Kier alpha value is -4.89. The average Bonchev–Trinajstić information content (AvgIpc) is 4.00. The molecule has 1 atom stereocenters. The number of likely N-dealkylation sites (tertiary alicyclic amines) is 1. The SMILES string of the molecule is C=CC1=C(C)c2cc3[n-]c(cc4nc(cc5[n-]c(cc1n2)c(C)c5C=C)C(C)=C4CCC(=O)O)c(CCC(=O)CCCCOCCOCCOCCCN1C(=O)CC(SCC)C1=O)c3C.[CH3-].[Fe+3]. The van der Waals surface area contributed by atoms with Gasteiger partial charge in [0.1, 0.15) is 5.78 Å². The molecule has 13 nitrogen and oxygen atoms in total. The molecule has 3 aliphatic heterocycles. The average molecular weight is 975 g/mol. The summed E-state index contributed by atoms with van der Waals surface area (Å²) in [6.07, 6.45) is 7.47. The molecule has 1 saturated heterocycles. The number of unbranched alkanes of at least 4 members (excludes halogenated alkanes) is 1. The van der Waals surface area contributed by atoms with Crippen molar-refractivity contribution in [2.75, 3.05) is 51.9 Å². The predicted octanol–water partition coefficient (Wildman–Crippen LogP) is 9.19. The summed E-state index contributed by atoms with van der Waals surface area (Å²) in [6.45, 7) is 21.2. The zero-order valence-electron chi connectivity index (χ0n) is 39.8. The fraction of sp³-hybridized carbons (Fsp3) is 0.442. The molecule has 1 unspecified atom stereocenters. The number of amides is 2. The van der Waals surface area contributed by atoms with Gasteiger partial charge in [-0.3, -0.25) is 24.1 Å². The first kappa shape index (κ1) is 54.7. The molecule has 1 N–H and O–H groups in total. The van der Waals surface area contributed by atoms with Crippen LogP contribution in [0.15, 0.2) is 43.5 Å². The van der Waals surface area contributed by atoms with Crippen LogP contribution >= 0.6 is 11.8 Å². The molecule has 3 aliphatic rings. The number of nitrogens with zero attached hydrogens (tertiary/aromatic N) is 5. The number of hydrogen-bond donors (Lipinski definition) is 1. The van der Waals surface area contributed by atoms with Crippen molar-refractivity contribution in [1.82, 2.24) is 24.8 Å². The minimum absolute atomic E-state index is 0. The van der Waals surface area contributed by atoms with E-state index in [0.717, 1.165) is 79.1 Å². The van der Waals surface area contributed by atoms with Crippen LogP contribution in [0.3, 0.4) is 0 Å². The van der Waals surface area contributed by atoms with E-state index in [1.807, 2.05) is 65.0 Å². The van der Waals surface area contributed by atoms with Crippen molar-refractivity contribution in [2.45, 2.75) is 97.7 Å². The van der Waals surface area contributed by atoms with Crippen LogP contribution in [0.1, 0.15) is 117 Å². The summed E-state index contributed by atoms with van der Waals surface area (Å²) in [6, 6.07) is 7.82. The predicted molar refractivity (Wildman–Crippen MR) is 264 cm³/mol. The maximum absolute atomic E-state index is 13.3. The number of carboxylic acid groups (broad SMARTS) is 1. The summed E-state index contributed by atoms with van der Waals surface area (Å²) in [5, 5.41) is 9.41. The second-order valence-electron chi connectivity index (χ2n) is 16.4. The van der Waals surface area contributed by atoms with Crippen molar-refractivity contribution >= 4 is 85.8 Å². The number of carboxylic acids is 1. The minimum atomic E-state index is -0.892. The van der Waals surface area contributed by atoms with E-state index in [4.69, 9.17) is 34.1 Å². The van der Waals surface area contributed by atoms with Crippen LogP contribution < -0.4 is 9.97 Å². The van der Waals surface area contributed by atoms with Crippen LogP contribution in [0, 0.1) is 21.3 Å². The molecule has 0 saturated carbocycles. The maximum Gasteiger partial charge on any atom is 3.00 e. The summed E-state index contributed by atoms with van der Waals surface area (Å²) in [5.41, 5.74) is 13.1. The second-order valence-corrected chi connectivity index (χ2v) is 17.9. The number of carbonyl (C=O) groups excluding carboxylic acids is 3. The van der Waals surface area contributed by atoms with Crippen LogP contribution in [0.2, 0.25) is 0 Å². The Bertz CT molecular complexity index is 2560. The number of rotatable bonds is 25. The van der Waals surface area contributed by atoms with E-state index in [0.29, 0.717) is 107 Å². The number of aliphatic carboxylic acids is 1. The quantitative estimate of drug-likeness (QED) is 0.0369. The number of carbonyl (C=O) groups is 4. The Morgan fingerprint density at radius 3 is 2.03 bits per heavy atom. The second kappa shape index (κ2) is 26.0.